The zero-order valence-corrected chi connectivity index (χ0v) is 12.3. The summed E-state index contributed by atoms with van der Waals surface area (Å²) in [5.74, 6) is 0.825. The van der Waals surface area contributed by atoms with Crippen LogP contribution in [0.4, 0.5) is 0 Å². The smallest absolute Gasteiger partial charge is 0.132 e. The average molecular weight is 266 g/mol. The van der Waals surface area contributed by atoms with E-state index in [1.54, 1.807) is 6.92 Å². The van der Waals surface area contributed by atoms with Gasteiger partial charge in [-0.05, 0) is 37.8 Å². The van der Waals surface area contributed by atoms with Crippen LogP contribution in [0, 0.1) is 12.8 Å². The SMILES string of the molecule is CC(=O)C1CCC1.Cc1ccc(-c2ccccc2)cc1. The number of carbonyl (C=O) groups excluding carboxylic acids is 1. The van der Waals surface area contributed by atoms with E-state index in [4.69, 9.17) is 0 Å². The lowest BCUT2D eigenvalue weighted by Crippen LogP contribution is -2.18. The maximum Gasteiger partial charge on any atom is 0.132 e. The number of hydrogen-bond donors (Lipinski definition) is 0. The number of aryl methyl sites for hydroxylation is 1. The molecular formula is C19H22O. The third-order valence-corrected chi connectivity index (χ3v) is 3.84. The Morgan fingerprint density at radius 1 is 0.900 bits per heavy atom. The van der Waals surface area contributed by atoms with Crippen LogP contribution < -0.4 is 0 Å². The summed E-state index contributed by atoms with van der Waals surface area (Å²) < 4.78 is 0. The molecule has 1 aliphatic rings. The second-order valence-corrected chi connectivity index (χ2v) is 5.47. The van der Waals surface area contributed by atoms with E-state index >= 15 is 0 Å². The summed E-state index contributed by atoms with van der Waals surface area (Å²) in [7, 11) is 0. The van der Waals surface area contributed by atoms with Gasteiger partial charge in [0.25, 0.3) is 0 Å². The first kappa shape index (κ1) is 14.5. The topological polar surface area (TPSA) is 17.1 Å². The first-order chi connectivity index (χ1) is 9.66. The van der Waals surface area contributed by atoms with Crippen LogP contribution in [0.5, 0.6) is 0 Å². The molecule has 104 valence electrons. The molecule has 1 aliphatic carbocycles. The van der Waals surface area contributed by atoms with Gasteiger partial charge < -0.3 is 0 Å². The van der Waals surface area contributed by atoms with Crippen LogP contribution in [0.2, 0.25) is 0 Å². The standard InChI is InChI=1S/C13H12.C6H10O/c1-11-7-9-13(10-8-11)12-5-3-2-4-6-12;1-5(7)6-3-2-4-6/h2-10H,1H3;6H,2-4H2,1H3. The molecule has 0 unspecified atom stereocenters. The van der Waals surface area contributed by atoms with E-state index in [-0.39, 0.29) is 0 Å². The minimum atomic E-state index is 0.381. The average Bonchev–Trinajstić information content (AvgIpc) is 2.39. The summed E-state index contributed by atoms with van der Waals surface area (Å²) >= 11 is 0. The van der Waals surface area contributed by atoms with Crippen LogP contribution in [0.25, 0.3) is 11.1 Å². The Morgan fingerprint density at radius 3 is 1.85 bits per heavy atom. The first-order valence-electron chi connectivity index (χ1n) is 7.29. The third-order valence-electron chi connectivity index (χ3n) is 3.84. The number of Topliss-reactive ketones (excluding diaryl/α,β-unsaturated/α-hetero) is 1. The van der Waals surface area contributed by atoms with Crippen molar-refractivity contribution in [1.29, 1.82) is 0 Å². The van der Waals surface area contributed by atoms with Gasteiger partial charge in [0.15, 0.2) is 0 Å². The molecule has 1 saturated carbocycles. The van der Waals surface area contributed by atoms with Gasteiger partial charge in [-0.3, -0.25) is 4.79 Å². The van der Waals surface area contributed by atoms with Crippen LogP contribution >= 0.6 is 0 Å². The predicted molar refractivity (Wildman–Crippen MR) is 84.6 cm³/mol. The fraction of sp³-hybridized carbons (Fsp3) is 0.316. The maximum atomic E-state index is 10.4. The quantitative estimate of drug-likeness (QED) is 0.744. The monoisotopic (exact) mass is 266 g/mol. The fourth-order valence-electron chi connectivity index (χ4n) is 2.19. The van der Waals surface area contributed by atoms with Crippen molar-refractivity contribution >= 4 is 5.78 Å². The van der Waals surface area contributed by atoms with Crippen molar-refractivity contribution in [1.82, 2.24) is 0 Å². The van der Waals surface area contributed by atoms with Gasteiger partial charge in [0.1, 0.15) is 5.78 Å². The van der Waals surface area contributed by atoms with E-state index in [0.717, 1.165) is 12.8 Å². The molecule has 3 rings (SSSR count). The lowest BCUT2D eigenvalue weighted by atomic mass is 9.83. The predicted octanol–water partition coefficient (Wildman–Crippen LogP) is 5.04. The number of hydrogen-bond acceptors (Lipinski definition) is 1. The molecule has 1 fully saturated rings. The van der Waals surface area contributed by atoms with E-state index in [0.29, 0.717) is 11.7 Å². The molecule has 0 spiro atoms. The molecule has 0 amide bonds. The van der Waals surface area contributed by atoms with Crippen molar-refractivity contribution in [2.45, 2.75) is 33.1 Å². The van der Waals surface area contributed by atoms with Crippen molar-refractivity contribution in [3.63, 3.8) is 0 Å². The van der Waals surface area contributed by atoms with Crippen LogP contribution in [0.3, 0.4) is 0 Å². The molecule has 0 saturated heterocycles. The lowest BCUT2D eigenvalue weighted by molar-refractivity contribution is -0.122. The van der Waals surface area contributed by atoms with Crippen LogP contribution in [-0.2, 0) is 4.79 Å². The minimum Gasteiger partial charge on any atom is -0.300 e. The highest BCUT2D eigenvalue weighted by atomic mass is 16.1. The minimum absolute atomic E-state index is 0.381. The summed E-state index contributed by atoms with van der Waals surface area (Å²) in [4.78, 5) is 10.4. The van der Waals surface area contributed by atoms with Gasteiger partial charge in [-0.2, -0.15) is 0 Å². The van der Waals surface area contributed by atoms with Crippen molar-refractivity contribution in [3.05, 3.63) is 60.2 Å². The van der Waals surface area contributed by atoms with Crippen LogP contribution in [-0.4, -0.2) is 5.78 Å². The van der Waals surface area contributed by atoms with E-state index in [9.17, 15) is 4.79 Å². The summed E-state index contributed by atoms with van der Waals surface area (Å²) in [5, 5.41) is 0. The highest BCUT2D eigenvalue weighted by Crippen LogP contribution is 2.26. The summed E-state index contributed by atoms with van der Waals surface area (Å²) in [5.41, 5.74) is 3.87. The summed E-state index contributed by atoms with van der Waals surface area (Å²) in [6, 6.07) is 19.0. The second kappa shape index (κ2) is 7.04. The normalized spacial score (nSPS) is 13.9. The van der Waals surface area contributed by atoms with E-state index in [2.05, 4.69) is 55.5 Å². The van der Waals surface area contributed by atoms with Crippen molar-refractivity contribution in [2.75, 3.05) is 0 Å². The zero-order chi connectivity index (χ0) is 14.4. The molecule has 2 aromatic rings. The van der Waals surface area contributed by atoms with Gasteiger partial charge in [-0.15, -0.1) is 0 Å². The molecule has 0 aromatic heterocycles. The summed E-state index contributed by atoms with van der Waals surface area (Å²) in [6.07, 6.45) is 3.56. The molecule has 2 aromatic carbocycles. The number of ketones is 1. The van der Waals surface area contributed by atoms with Crippen molar-refractivity contribution in [3.8, 4) is 11.1 Å². The highest BCUT2D eigenvalue weighted by Gasteiger charge is 2.20. The van der Waals surface area contributed by atoms with Gasteiger partial charge in [-0.25, -0.2) is 0 Å². The number of rotatable bonds is 2. The largest absolute Gasteiger partial charge is 0.300 e. The van der Waals surface area contributed by atoms with Gasteiger partial charge in [0.2, 0.25) is 0 Å². The van der Waals surface area contributed by atoms with Gasteiger partial charge >= 0.3 is 0 Å². The zero-order valence-electron chi connectivity index (χ0n) is 12.3. The lowest BCUT2D eigenvalue weighted by Gasteiger charge is -2.21. The fourth-order valence-corrected chi connectivity index (χ4v) is 2.19. The molecule has 0 heterocycles. The van der Waals surface area contributed by atoms with Crippen molar-refractivity contribution in [2.24, 2.45) is 5.92 Å². The molecule has 0 N–H and O–H groups in total. The van der Waals surface area contributed by atoms with Crippen molar-refractivity contribution < 1.29 is 4.79 Å². The third kappa shape index (κ3) is 4.06. The van der Waals surface area contributed by atoms with E-state index in [1.807, 2.05) is 6.07 Å². The Labute approximate surface area is 121 Å². The van der Waals surface area contributed by atoms with E-state index in [1.165, 1.54) is 23.1 Å². The Hall–Kier alpha value is -1.89. The Morgan fingerprint density at radius 2 is 1.45 bits per heavy atom. The molecule has 0 aliphatic heterocycles. The summed E-state index contributed by atoms with van der Waals surface area (Å²) in [6.45, 7) is 3.79. The molecule has 0 radical (unpaired) electrons. The van der Waals surface area contributed by atoms with Crippen LogP contribution in [0.15, 0.2) is 54.6 Å². The molecule has 1 heteroatoms. The molecule has 0 bridgehead atoms. The van der Waals surface area contributed by atoms with Gasteiger partial charge in [-0.1, -0.05) is 66.6 Å². The highest BCUT2D eigenvalue weighted by molar-refractivity contribution is 5.78. The number of carbonyl (C=O) groups is 1. The molecule has 0 atom stereocenters. The Balaban J connectivity index is 0.000000178. The Kier molecular flexibility index (Phi) is 5.11. The van der Waals surface area contributed by atoms with E-state index < -0.39 is 0 Å². The second-order valence-electron chi connectivity index (χ2n) is 5.47. The maximum absolute atomic E-state index is 10.4. The van der Waals surface area contributed by atoms with Crippen LogP contribution in [0.1, 0.15) is 31.7 Å². The molecule has 1 nitrogen and oxygen atoms in total. The molecular weight excluding hydrogens is 244 g/mol. The van der Waals surface area contributed by atoms with Gasteiger partial charge in [0, 0.05) is 5.92 Å². The Bertz CT molecular complexity index is 536. The number of benzene rings is 2. The molecule has 20 heavy (non-hydrogen) atoms. The first-order valence-corrected chi connectivity index (χ1v) is 7.29. The van der Waals surface area contributed by atoms with Gasteiger partial charge in [0.05, 0.1) is 0 Å².